The van der Waals surface area contributed by atoms with Crippen LogP contribution in [0.5, 0.6) is 0 Å². The first kappa shape index (κ1) is 38.3. The van der Waals surface area contributed by atoms with E-state index in [0.717, 1.165) is 52.7 Å². The Morgan fingerprint density at radius 2 is 1.47 bits per heavy atom. The van der Waals surface area contributed by atoms with Gasteiger partial charge in [0, 0.05) is 71.4 Å². The molecule has 0 saturated carbocycles. The van der Waals surface area contributed by atoms with Gasteiger partial charge in [0.25, 0.3) is 0 Å². The molecule has 5 aromatic rings. The molecule has 1 radical (unpaired) electrons. The number of aliphatic hydroxyl groups excluding tert-OH is 1. The van der Waals surface area contributed by atoms with Gasteiger partial charge in [-0.15, -0.1) is 40.5 Å². The number of hydrogen-bond acceptors (Lipinski definition) is 5. The van der Waals surface area contributed by atoms with Crippen molar-refractivity contribution in [2.24, 2.45) is 10.8 Å². The van der Waals surface area contributed by atoms with Crippen molar-refractivity contribution in [3.05, 3.63) is 95.8 Å². The largest absolute Gasteiger partial charge is 0.512 e. The summed E-state index contributed by atoms with van der Waals surface area (Å²) in [7, 11) is 0. The van der Waals surface area contributed by atoms with Crippen molar-refractivity contribution in [1.29, 1.82) is 0 Å². The Morgan fingerprint density at radius 1 is 0.830 bits per heavy atom. The molecule has 5 rings (SSSR count). The van der Waals surface area contributed by atoms with Gasteiger partial charge in [-0.05, 0) is 54.9 Å². The van der Waals surface area contributed by atoms with Gasteiger partial charge in [-0.25, -0.2) is 4.98 Å². The number of pyridine rings is 2. The number of carbonyl (C=O) groups excluding carboxylic acids is 1. The second-order valence-corrected chi connectivity index (χ2v) is 14.6. The van der Waals surface area contributed by atoms with Crippen molar-refractivity contribution in [2.45, 2.75) is 93.4 Å². The molecule has 0 spiro atoms. The molecule has 0 fully saturated rings. The van der Waals surface area contributed by atoms with Crippen LogP contribution in [0.15, 0.2) is 84.2 Å². The van der Waals surface area contributed by atoms with E-state index in [1.54, 1.807) is 11.3 Å². The summed E-state index contributed by atoms with van der Waals surface area (Å²) >= 11 is 1.68. The van der Waals surface area contributed by atoms with Crippen LogP contribution in [0.25, 0.3) is 43.4 Å². The standard InChI is InChI=1S/C26H21N2S.C15H28O2.Ir/c1-26(2,3)23-14-19(13-17-7-4-5-8-20(17)23)24-15-18(10-12-27-24)22-16-29-25-21(22)9-6-11-28-25;1-7-14(5,8-2)12(16)11-13(17)15(6,9-3)10-4;/h4-12,14-16H,1-3H3;11,16H,7-10H2,1-6H3;/q-1;;/b;12-11-;. The fraction of sp³-hybridized carbons (Fsp3) is 0.390. The minimum atomic E-state index is -0.337. The molecule has 1 N–H and O–H groups in total. The van der Waals surface area contributed by atoms with Crippen LogP contribution in [0.3, 0.4) is 0 Å². The number of nitrogens with zero attached hydrogens (tertiary/aromatic N) is 2. The fourth-order valence-corrected chi connectivity index (χ4v) is 6.43. The first-order chi connectivity index (χ1) is 21.8. The van der Waals surface area contributed by atoms with E-state index in [4.69, 9.17) is 0 Å². The SMILES string of the molecule is CC(C)(C)c1cc(-c2cc(-c3csc4ncccc34)ccn2)[c-]c2ccccc12.CCC(C)(CC)C(=O)/C=C(\O)C(C)(CC)CC.[Ir]. The maximum atomic E-state index is 12.2. The van der Waals surface area contributed by atoms with E-state index < -0.39 is 0 Å². The Kier molecular flexibility index (Phi) is 12.9. The van der Waals surface area contributed by atoms with Gasteiger partial charge in [-0.1, -0.05) is 97.5 Å². The van der Waals surface area contributed by atoms with Gasteiger partial charge in [0.05, 0.1) is 0 Å². The number of fused-ring (bicyclic) bond motifs is 2. The van der Waals surface area contributed by atoms with E-state index in [2.05, 4.69) is 90.7 Å². The molecule has 0 unspecified atom stereocenters. The molecule has 4 nitrogen and oxygen atoms in total. The molecule has 2 aromatic carbocycles. The number of aromatic nitrogens is 2. The number of aliphatic hydroxyl groups is 1. The first-order valence-corrected chi connectivity index (χ1v) is 17.4. The van der Waals surface area contributed by atoms with Crippen molar-refractivity contribution in [2.75, 3.05) is 0 Å². The maximum absolute atomic E-state index is 12.2. The van der Waals surface area contributed by atoms with Gasteiger partial charge in [0.15, 0.2) is 5.78 Å². The number of benzene rings is 2. The van der Waals surface area contributed by atoms with Gasteiger partial charge < -0.3 is 5.11 Å². The third kappa shape index (κ3) is 8.46. The van der Waals surface area contributed by atoms with Crippen LogP contribution in [0.2, 0.25) is 0 Å². The molecule has 0 aliphatic heterocycles. The molecule has 0 saturated heterocycles. The van der Waals surface area contributed by atoms with E-state index in [1.807, 2.05) is 60.0 Å². The fourth-order valence-electron chi connectivity index (χ4n) is 5.51. The second-order valence-electron chi connectivity index (χ2n) is 13.8. The topological polar surface area (TPSA) is 63.1 Å². The molecular formula is C41H49IrN2O2S-. The first-order valence-electron chi connectivity index (χ1n) is 16.5. The molecule has 251 valence electrons. The maximum Gasteiger partial charge on any atom is 0.164 e. The molecule has 47 heavy (non-hydrogen) atoms. The Bertz CT molecular complexity index is 1840. The minimum Gasteiger partial charge on any atom is -0.512 e. The van der Waals surface area contributed by atoms with E-state index >= 15 is 0 Å². The van der Waals surface area contributed by atoms with Crippen LogP contribution in [0, 0.1) is 16.9 Å². The molecular weight excluding hydrogens is 777 g/mol. The summed E-state index contributed by atoms with van der Waals surface area (Å²) in [5.41, 5.74) is 5.10. The predicted molar refractivity (Wildman–Crippen MR) is 196 cm³/mol. The molecule has 6 heteroatoms. The number of thiophene rings is 1. The zero-order valence-corrected chi connectivity index (χ0v) is 32.5. The van der Waals surface area contributed by atoms with Crippen LogP contribution in [0.4, 0.5) is 0 Å². The average Bonchev–Trinajstić information content (AvgIpc) is 3.51. The molecule has 3 heterocycles. The van der Waals surface area contributed by atoms with Gasteiger partial charge in [-0.3, -0.25) is 9.78 Å². The summed E-state index contributed by atoms with van der Waals surface area (Å²) in [6, 6.07) is 22.7. The normalized spacial score (nSPS) is 12.4. The molecule has 3 aromatic heterocycles. The van der Waals surface area contributed by atoms with Crippen LogP contribution >= 0.6 is 11.3 Å². The van der Waals surface area contributed by atoms with Crippen LogP contribution in [-0.4, -0.2) is 20.9 Å². The summed E-state index contributed by atoms with van der Waals surface area (Å²) in [4.78, 5) is 22.4. The van der Waals surface area contributed by atoms with E-state index in [1.165, 1.54) is 28.0 Å². The van der Waals surface area contributed by atoms with Gasteiger partial charge >= 0.3 is 0 Å². The van der Waals surface area contributed by atoms with Crippen LogP contribution < -0.4 is 0 Å². The van der Waals surface area contributed by atoms with Crippen molar-refractivity contribution in [3.63, 3.8) is 0 Å². The van der Waals surface area contributed by atoms with Gasteiger partial charge in [0.2, 0.25) is 0 Å². The quantitative estimate of drug-likeness (QED) is 0.0913. The second kappa shape index (κ2) is 15.8. The number of carbonyl (C=O) groups is 1. The third-order valence-electron chi connectivity index (χ3n) is 9.88. The summed E-state index contributed by atoms with van der Waals surface area (Å²) in [6.07, 6.45) is 8.49. The number of allylic oxidation sites excluding steroid dienone is 2. The Hall–Kier alpha value is -3.18. The molecule has 0 aliphatic carbocycles. The summed E-state index contributed by atoms with van der Waals surface area (Å²) in [5, 5.41) is 15.9. The van der Waals surface area contributed by atoms with Crippen molar-refractivity contribution >= 4 is 38.1 Å². The Labute approximate surface area is 299 Å². The molecule has 0 aliphatic rings. The van der Waals surface area contributed by atoms with E-state index in [0.29, 0.717) is 0 Å². The average molecular weight is 826 g/mol. The molecule has 0 amide bonds. The van der Waals surface area contributed by atoms with Crippen LogP contribution in [0.1, 0.15) is 93.6 Å². The van der Waals surface area contributed by atoms with Crippen molar-refractivity contribution < 1.29 is 30.0 Å². The number of hydrogen-bond donors (Lipinski definition) is 1. The zero-order valence-electron chi connectivity index (χ0n) is 29.3. The zero-order chi connectivity index (χ0) is 33.7. The third-order valence-corrected chi connectivity index (χ3v) is 10.8. The molecule has 0 bridgehead atoms. The van der Waals surface area contributed by atoms with Gasteiger partial charge in [0.1, 0.15) is 10.6 Å². The van der Waals surface area contributed by atoms with Crippen LogP contribution in [-0.2, 0) is 30.3 Å². The number of ketones is 1. The summed E-state index contributed by atoms with van der Waals surface area (Å²) in [5.74, 6) is 0.286. The smallest absolute Gasteiger partial charge is 0.164 e. The summed E-state index contributed by atoms with van der Waals surface area (Å²) < 4.78 is 0. The summed E-state index contributed by atoms with van der Waals surface area (Å²) in [6.45, 7) is 18.9. The minimum absolute atomic E-state index is 0. The van der Waals surface area contributed by atoms with Gasteiger partial charge in [-0.2, -0.15) is 0 Å². The predicted octanol–water partition coefficient (Wildman–Crippen LogP) is 11.9. The molecule has 0 atom stereocenters. The monoisotopic (exact) mass is 826 g/mol. The van der Waals surface area contributed by atoms with Crippen molar-refractivity contribution in [1.82, 2.24) is 9.97 Å². The van der Waals surface area contributed by atoms with E-state index in [9.17, 15) is 9.90 Å². The Balaban J connectivity index is 0.000000290. The van der Waals surface area contributed by atoms with Crippen molar-refractivity contribution in [3.8, 4) is 22.4 Å². The number of rotatable bonds is 9. The Morgan fingerprint density at radius 3 is 2.11 bits per heavy atom. The van der Waals surface area contributed by atoms with E-state index in [-0.39, 0.29) is 47.9 Å².